The number of hydrogen-bond donors (Lipinski definition) is 1. The first-order valence-electron chi connectivity index (χ1n) is 6.57. The summed E-state index contributed by atoms with van der Waals surface area (Å²) in [6.45, 7) is 1.06. The summed E-state index contributed by atoms with van der Waals surface area (Å²) in [7, 11) is 0. The molecule has 1 aromatic heterocycles. The molecule has 2 aliphatic rings. The molecule has 2 fully saturated rings. The Morgan fingerprint density at radius 3 is 3.00 bits per heavy atom. The van der Waals surface area contributed by atoms with Gasteiger partial charge in [0.05, 0.1) is 24.7 Å². The molecule has 92 valence electrons. The van der Waals surface area contributed by atoms with Crippen LogP contribution in [0.5, 0.6) is 0 Å². The van der Waals surface area contributed by atoms with Gasteiger partial charge in [0.15, 0.2) is 0 Å². The Balaban J connectivity index is 1.86. The zero-order valence-corrected chi connectivity index (χ0v) is 10.0. The van der Waals surface area contributed by atoms with Gasteiger partial charge in [-0.15, -0.1) is 0 Å². The summed E-state index contributed by atoms with van der Waals surface area (Å²) in [6, 6.07) is 0.659. The molecule has 1 saturated carbocycles. The van der Waals surface area contributed by atoms with Crippen LogP contribution in [0.1, 0.15) is 37.8 Å². The predicted molar refractivity (Wildman–Crippen MR) is 65.7 cm³/mol. The number of fused-ring (bicyclic) bond motifs is 1. The van der Waals surface area contributed by atoms with Gasteiger partial charge in [-0.05, 0) is 31.6 Å². The highest BCUT2D eigenvalue weighted by Crippen LogP contribution is 2.38. The van der Waals surface area contributed by atoms with Crippen molar-refractivity contribution < 1.29 is 5.11 Å². The molecule has 0 amide bonds. The fourth-order valence-corrected chi connectivity index (χ4v) is 3.35. The minimum Gasteiger partial charge on any atom is -0.390 e. The topological polar surface area (TPSA) is 49.3 Å². The maximum absolute atomic E-state index is 9.13. The van der Waals surface area contributed by atoms with Crippen LogP contribution in [0.2, 0.25) is 0 Å². The monoisotopic (exact) mass is 233 g/mol. The van der Waals surface area contributed by atoms with E-state index in [2.05, 4.69) is 14.9 Å². The number of aliphatic hydroxyl groups is 1. The number of nitrogens with zero attached hydrogens (tertiary/aromatic N) is 3. The van der Waals surface area contributed by atoms with Gasteiger partial charge in [-0.25, -0.2) is 4.98 Å². The first-order valence-corrected chi connectivity index (χ1v) is 6.57. The maximum Gasteiger partial charge on any atom is 0.147 e. The molecule has 1 N–H and O–H groups in total. The molecule has 1 aliphatic carbocycles. The molecule has 2 atom stereocenters. The van der Waals surface area contributed by atoms with Crippen molar-refractivity contribution in [3.8, 4) is 0 Å². The van der Waals surface area contributed by atoms with Crippen molar-refractivity contribution in [3.05, 3.63) is 18.1 Å². The molecule has 3 rings (SSSR count). The predicted octanol–water partition coefficient (Wildman–Crippen LogP) is 1.74. The van der Waals surface area contributed by atoms with Gasteiger partial charge in [0.1, 0.15) is 5.82 Å². The quantitative estimate of drug-likeness (QED) is 0.845. The van der Waals surface area contributed by atoms with Gasteiger partial charge >= 0.3 is 0 Å². The summed E-state index contributed by atoms with van der Waals surface area (Å²) in [5.41, 5.74) is 0.669. The van der Waals surface area contributed by atoms with Crippen LogP contribution < -0.4 is 4.90 Å². The summed E-state index contributed by atoms with van der Waals surface area (Å²) in [6.07, 6.45) is 10.1. The number of piperidine rings is 1. The van der Waals surface area contributed by atoms with E-state index in [1.165, 1.54) is 32.1 Å². The summed E-state index contributed by atoms with van der Waals surface area (Å²) in [5, 5.41) is 9.13. The van der Waals surface area contributed by atoms with Crippen LogP contribution in [-0.2, 0) is 6.61 Å². The average molecular weight is 233 g/mol. The Labute approximate surface area is 102 Å². The van der Waals surface area contributed by atoms with Crippen molar-refractivity contribution >= 4 is 5.82 Å². The summed E-state index contributed by atoms with van der Waals surface area (Å²) >= 11 is 0. The van der Waals surface area contributed by atoms with E-state index in [1.54, 1.807) is 6.20 Å². The van der Waals surface area contributed by atoms with Crippen molar-refractivity contribution in [1.29, 1.82) is 0 Å². The zero-order valence-electron chi connectivity index (χ0n) is 10.0. The molecule has 0 spiro atoms. The lowest BCUT2D eigenvalue weighted by atomic mass is 9.92. The number of hydrogen-bond acceptors (Lipinski definition) is 4. The number of anilines is 1. The molecule has 4 nitrogen and oxygen atoms in total. The van der Waals surface area contributed by atoms with Gasteiger partial charge in [-0.3, -0.25) is 4.98 Å². The van der Waals surface area contributed by atoms with Gasteiger partial charge in [0.2, 0.25) is 0 Å². The first kappa shape index (κ1) is 11.0. The van der Waals surface area contributed by atoms with Crippen molar-refractivity contribution in [2.75, 3.05) is 11.4 Å². The van der Waals surface area contributed by atoms with Crippen molar-refractivity contribution in [3.63, 3.8) is 0 Å². The lowest BCUT2D eigenvalue weighted by Gasteiger charge is -2.38. The molecular weight excluding hydrogens is 214 g/mol. The van der Waals surface area contributed by atoms with Crippen LogP contribution in [-0.4, -0.2) is 27.7 Å². The molecule has 2 unspecified atom stereocenters. The minimum absolute atomic E-state index is 0.0250. The first-order chi connectivity index (χ1) is 8.38. The van der Waals surface area contributed by atoms with Gasteiger partial charge in [-0.1, -0.05) is 6.42 Å². The van der Waals surface area contributed by atoms with Crippen molar-refractivity contribution in [1.82, 2.24) is 9.97 Å². The summed E-state index contributed by atoms with van der Waals surface area (Å²) < 4.78 is 0. The molecule has 1 aliphatic heterocycles. The average Bonchev–Trinajstić information content (AvgIpc) is 2.87. The van der Waals surface area contributed by atoms with E-state index in [1.807, 2.05) is 6.20 Å². The van der Waals surface area contributed by atoms with E-state index in [4.69, 9.17) is 5.11 Å². The van der Waals surface area contributed by atoms with E-state index in [9.17, 15) is 0 Å². The number of rotatable bonds is 2. The summed E-state index contributed by atoms with van der Waals surface area (Å²) in [5.74, 6) is 1.80. The fraction of sp³-hybridized carbons (Fsp3) is 0.692. The van der Waals surface area contributed by atoms with E-state index in [-0.39, 0.29) is 6.61 Å². The smallest absolute Gasteiger partial charge is 0.147 e. The second-order valence-electron chi connectivity index (χ2n) is 5.12. The molecular formula is C13H19N3O. The second kappa shape index (κ2) is 4.61. The Kier molecular flexibility index (Phi) is 2.97. The Bertz CT molecular complexity index is 396. The van der Waals surface area contributed by atoms with Gasteiger partial charge in [0, 0.05) is 12.6 Å². The SMILES string of the molecule is OCc1cncc(N2CCCC3CCCC32)n1. The second-order valence-corrected chi connectivity index (χ2v) is 5.12. The molecule has 0 bridgehead atoms. The van der Waals surface area contributed by atoms with Crippen LogP contribution in [0.3, 0.4) is 0 Å². The maximum atomic E-state index is 9.13. The highest BCUT2D eigenvalue weighted by Gasteiger charge is 2.35. The van der Waals surface area contributed by atoms with Crippen LogP contribution in [0.15, 0.2) is 12.4 Å². The third-order valence-corrected chi connectivity index (χ3v) is 4.12. The highest BCUT2D eigenvalue weighted by atomic mass is 16.3. The molecule has 17 heavy (non-hydrogen) atoms. The fourth-order valence-electron chi connectivity index (χ4n) is 3.35. The van der Waals surface area contributed by atoms with E-state index >= 15 is 0 Å². The summed E-state index contributed by atoms with van der Waals surface area (Å²) in [4.78, 5) is 11.1. The molecule has 1 saturated heterocycles. The molecule has 1 aromatic rings. The van der Waals surface area contributed by atoms with E-state index < -0.39 is 0 Å². The van der Waals surface area contributed by atoms with Gasteiger partial charge < -0.3 is 10.0 Å². The Morgan fingerprint density at radius 1 is 1.24 bits per heavy atom. The van der Waals surface area contributed by atoms with E-state index in [0.29, 0.717) is 11.7 Å². The van der Waals surface area contributed by atoms with Gasteiger partial charge in [-0.2, -0.15) is 0 Å². The number of aliphatic hydroxyl groups excluding tert-OH is 1. The van der Waals surface area contributed by atoms with Crippen LogP contribution in [0.25, 0.3) is 0 Å². The minimum atomic E-state index is -0.0250. The Morgan fingerprint density at radius 2 is 2.12 bits per heavy atom. The highest BCUT2D eigenvalue weighted by molar-refractivity contribution is 5.39. The van der Waals surface area contributed by atoms with Crippen LogP contribution in [0, 0.1) is 5.92 Å². The molecule has 0 aromatic carbocycles. The lowest BCUT2D eigenvalue weighted by Crippen LogP contribution is -2.43. The zero-order chi connectivity index (χ0) is 11.7. The Hall–Kier alpha value is -1.16. The lowest BCUT2D eigenvalue weighted by molar-refractivity contribution is 0.276. The third kappa shape index (κ3) is 2.02. The molecule has 0 radical (unpaired) electrons. The van der Waals surface area contributed by atoms with E-state index in [0.717, 1.165) is 18.3 Å². The standard InChI is InChI=1S/C13H19N3O/c17-9-11-7-14-8-13(15-11)16-6-2-4-10-3-1-5-12(10)16/h7-8,10,12,17H,1-6,9H2. The normalized spacial score (nSPS) is 28.2. The molecule has 2 heterocycles. The van der Waals surface area contributed by atoms with Crippen molar-refractivity contribution in [2.45, 2.75) is 44.8 Å². The van der Waals surface area contributed by atoms with Crippen LogP contribution >= 0.6 is 0 Å². The number of aromatic nitrogens is 2. The molecule has 4 heteroatoms. The third-order valence-electron chi connectivity index (χ3n) is 4.12. The van der Waals surface area contributed by atoms with Gasteiger partial charge in [0.25, 0.3) is 0 Å². The van der Waals surface area contributed by atoms with Crippen LogP contribution in [0.4, 0.5) is 5.82 Å². The van der Waals surface area contributed by atoms with Crippen molar-refractivity contribution in [2.24, 2.45) is 5.92 Å². The largest absolute Gasteiger partial charge is 0.390 e.